The molecule has 2 aromatic rings. The van der Waals surface area contributed by atoms with Crippen molar-refractivity contribution in [3.8, 4) is 17.6 Å². The first-order chi connectivity index (χ1) is 7.81. The number of hydrogen-bond donors (Lipinski definition) is 0. The smallest absolute Gasteiger partial charge is 0.173 e. The van der Waals surface area contributed by atoms with Gasteiger partial charge >= 0.3 is 0 Å². The van der Waals surface area contributed by atoms with Crippen LogP contribution in [0.2, 0.25) is 0 Å². The fourth-order valence-corrected chi connectivity index (χ4v) is 1.25. The van der Waals surface area contributed by atoms with Gasteiger partial charge in [0.05, 0.1) is 5.56 Å². The molecule has 0 bridgehead atoms. The molecule has 0 aliphatic heterocycles. The first-order valence-corrected chi connectivity index (χ1v) is 4.64. The molecule has 0 aliphatic carbocycles. The van der Waals surface area contributed by atoms with Crippen LogP contribution in [-0.2, 0) is 0 Å². The van der Waals surface area contributed by atoms with Crippen LogP contribution in [0, 0.1) is 23.2 Å². The normalized spacial score (nSPS) is 9.50. The zero-order valence-corrected chi connectivity index (χ0v) is 8.27. The maximum atomic E-state index is 13.2. The highest BCUT2D eigenvalue weighted by Crippen LogP contribution is 2.26. The van der Waals surface area contributed by atoms with Crippen molar-refractivity contribution < 1.29 is 9.13 Å². The van der Waals surface area contributed by atoms with Crippen LogP contribution in [-0.4, -0.2) is 0 Å². The number of nitrogens with zero attached hydrogens (tertiary/aromatic N) is 1. The molecular weight excluding hydrogens is 205 g/mol. The molecule has 16 heavy (non-hydrogen) atoms. The van der Waals surface area contributed by atoms with Gasteiger partial charge in [-0.1, -0.05) is 24.3 Å². The van der Waals surface area contributed by atoms with E-state index in [0.717, 1.165) is 0 Å². The molecule has 1 radical (unpaired) electrons. The van der Waals surface area contributed by atoms with Crippen molar-refractivity contribution in [3.63, 3.8) is 0 Å². The molecule has 0 unspecified atom stereocenters. The molecule has 2 aromatic carbocycles. The molecule has 2 nitrogen and oxygen atoms in total. The predicted octanol–water partition coefficient (Wildman–Crippen LogP) is 3.29. The molecule has 0 fully saturated rings. The Morgan fingerprint density at radius 1 is 1.12 bits per heavy atom. The van der Waals surface area contributed by atoms with Crippen molar-refractivity contribution in [2.24, 2.45) is 0 Å². The minimum Gasteiger partial charge on any atom is -0.453 e. The molecule has 0 N–H and O–H groups in total. The third-order valence-electron chi connectivity index (χ3n) is 2.00. The summed E-state index contributed by atoms with van der Waals surface area (Å²) in [7, 11) is 0. The van der Waals surface area contributed by atoms with Gasteiger partial charge in [-0.05, 0) is 18.2 Å². The largest absolute Gasteiger partial charge is 0.453 e. The van der Waals surface area contributed by atoms with Gasteiger partial charge in [-0.15, -0.1) is 0 Å². The van der Waals surface area contributed by atoms with Crippen molar-refractivity contribution in [2.75, 3.05) is 0 Å². The Morgan fingerprint density at radius 3 is 2.62 bits per heavy atom. The Labute approximate surface area is 92.5 Å². The molecule has 2 rings (SSSR count). The maximum absolute atomic E-state index is 13.2. The second-order valence-corrected chi connectivity index (χ2v) is 3.06. The van der Waals surface area contributed by atoms with E-state index in [1.54, 1.807) is 30.3 Å². The Morgan fingerprint density at radius 2 is 1.88 bits per heavy atom. The minimum atomic E-state index is -0.574. The molecule has 0 saturated carbocycles. The SMILES string of the molecule is N#Cc1ccccc1Oc1ccc[c]c1F. The summed E-state index contributed by atoms with van der Waals surface area (Å²) in [6.07, 6.45) is 0. The lowest BCUT2D eigenvalue weighted by Crippen LogP contribution is -1.90. The molecule has 0 amide bonds. The molecule has 77 valence electrons. The van der Waals surface area contributed by atoms with E-state index >= 15 is 0 Å². The standard InChI is InChI=1S/C13H7FNO/c14-11-6-2-4-8-13(11)16-12-7-3-1-5-10(12)9-15/h1-5,7-8H. The Balaban J connectivity index is 2.35. The average molecular weight is 212 g/mol. The Kier molecular flexibility index (Phi) is 2.84. The van der Waals surface area contributed by atoms with E-state index in [4.69, 9.17) is 10.00 Å². The van der Waals surface area contributed by atoms with Crippen LogP contribution in [0.4, 0.5) is 4.39 Å². The van der Waals surface area contributed by atoms with Crippen molar-refractivity contribution >= 4 is 0 Å². The molecule has 0 spiro atoms. The number of benzene rings is 2. The molecule has 0 aliphatic rings. The number of rotatable bonds is 2. The molecule has 0 atom stereocenters. The summed E-state index contributed by atoms with van der Waals surface area (Å²) >= 11 is 0. The quantitative estimate of drug-likeness (QED) is 0.765. The monoisotopic (exact) mass is 212 g/mol. The summed E-state index contributed by atoms with van der Waals surface area (Å²) < 4.78 is 18.5. The Hall–Kier alpha value is -2.34. The van der Waals surface area contributed by atoms with E-state index in [0.29, 0.717) is 11.3 Å². The van der Waals surface area contributed by atoms with Gasteiger partial charge in [0.25, 0.3) is 0 Å². The summed E-state index contributed by atoms with van der Waals surface area (Å²) in [5, 5.41) is 8.83. The number of halogens is 1. The lowest BCUT2D eigenvalue weighted by Gasteiger charge is -2.07. The van der Waals surface area contributed by atoms with E-state index in [1.165, 1.54) is 12.1 Å². The van der Waals surface area contributed by atoms with E-state index in [9.17, 15) is 4.39 Å². The van der Waals surface area contributed by atoms with Crippen molar-refractivity contribution in [1.82, 2.24) is 0 Å². The fraction of sp³-hybridized carbons (Fsp3) is 0. The van der Waals surface area contributed by atoms with Crippen LogP contribution in [0.15, 0.2) is 42.5 Å². The van der Waals surface area contributed by atoms with Gasteiger partial charge in [0.1, 0.15) is 11.8 Å². The number of nitriles is 1. The van der Waals surface area contributed by atoms with Crippen molar-refractivity contribution in [2.45, 2.75) is 0 Å². The fourth-order valence-electron chi connectivity index (χ4n) is 1.25. The molecule has 3 heteroatoms. The first kappa shape index (κ1) is 10.2. The highest BCUT2D eigenvalue weighted by atomic mass is 19.1. The van der Waals surface area contributed by atoms with Crippen molar-refractivity contribution in [3.05, 3.63) is 59.9 Å². The molecule has 0 aromatic heterocycles. The maximum Gasteiger partial charge on any atom is 0.173 e. The van der Waals surface area contributed by atoms with Gasteiger partial charge in [-0.25, -0.2) is 4.39 Å². The summed E-state index contributed by atoms with van der Waals surface area (Å²) in [6.45, 7) is 0. The third-order valence-corrected chi connectivity index (χ3v) is 2.00. The summed E-state index contributed by atoms with van der Waals surface area (Å²) in [6, 6.07) is 15.6. The van der Waals surface area contributed by atoms with Crippen LogP contribution in [0.1, 0.15) is 5.56 Å². The van der Waals surface area contributed by atoms with E-state index in [1.807, 2.05) is 6.07 Å². The van der Waals surface area contributed by atoms with Gasteiger partial charge in [-0.2, -0.15) is 5.26 Å². The van der Waals surface area contributed by atoms with Gasteiger partial charge in [0, 0.05) is 6.07 Å². The minimum absolute atomic E-state index is 0.0604. The summed E-state index contributed by atoms with van der Waals surface area (Å²) in [5.41, 5.74) is 0.366. The molecule has 0 heterocycles. The summed E-state index contributed by atoms with van der Waals surface area (Å²) in [5.74, 6) is -0.177. The molecule has 0 saturated heterocycles. The highest BCUT2D eigenvalue weighted by molar-refractivity contribution is 5.45. The second-order valence-electron chi connectivity index (χ2n) is 3.06. The second kappa shape index (κ2) is 4.45. The Bertz CT molecular complexity index is 546. The van der Waals surface area contributed by atoms with Crippen LogP contribution in [0.25, 0.3) is 0 Å². The predicted molar refractivity (Wildman–Crippen MR) is 56.5 cm³/mol. The van der Waals surface area contributed by atoms with E-state index in [2.05, 4.69) is 6.07 Å². The first-order valence-electron chi connectivity index (χ1n) is 4.64. The van der Waals surface area contributed by atoms with Gasteiger partial charge in [0.15, 0.2) is 11.6 Å². The summed E-state index contributed by atoms with van der Waals surface area (Å²) in [4.78, 5) is 0. The topological polar surface area (TPSA) is 33.0 Å². The van der Waals surface area contributed by atoms with Crippen molar-refractivity contribution in [1.29, 1.82) is 5.26 Å². The average Bonchev–Trinajstić information content (AvgIpc) is 2.33. The zero-order valence-electron chi connectivity index (χ0n) is 8.27. The van der Waals surface area contributed by atoms with Gasteiger partial charge < -0.3 is 4.74 Å². The van der Waals surface area contributed by atoms with E-state index < -0.39 is 5.82 Å². The van der Waals surface area contributed by atoms with Gasteiger partial charge in [-0.3, -0.25) is 0 Å². The zero-order chi connectivity index (χ0) is 11.4. The van der Waals surface area contributed by atoms with Gasteiger partial charge in [0.2, 0.25) is 0 Å². The lowest BCUT2D eigenvalue weighted by atomic mass is 10.2. The number of ether oxygens (including phenoxy) is 1. The molecular formula is C13H7FNO. The van der Waals surface area contributed by atoms with Crippen LogP contribution >= 0.6 is 0 Å². The third kappa shape index (κ3) is 2.01. The van der Waals surface area contributed by atoms with Crippen LogP contribution < -0.4 is 4.74 Å². The number of hydrogen-bond acceptors (Lipinski definition) is 2. The van der Waals surface area contributed by atoms with E-state index in [-0.39, 0.29) is 5.75 Å². The van der Waals surface area contributed by atoms with Crippen LogP contribution in [0.3, 0.4) is 0 Å². The number of para-hydroxylation sites is 1. The van der Waals surface area contributed by atoms with Crippen LogP contribution in [0.5, 0.6) is 11.5 Å². The lowest BCUT2D eigenvalue weighted by molar-refractivity contribution is 0.440. The highest BCUT2D eigenvalue weighted by Gasteiger charge is 2.06.